The van der Waals surface area contributed by atoms with Gasteiger partial charge in [-0.15, -0.1) is 0 Å². The summed E-state index contributed by atoms with van der Waals surface area (Å²) in [4.78, 5) is 15.5. The van der Waals surface area contributed by atoms with Crippen LogP contribution in [0.5, 0.6) is 0 Å². The predicted octanol–water partition coefficient (Wildman–Crippen LogP) is 3.81. The molecule has 0 spiro atoms. The van der Waals surface area contributed by atoms with E-state index in [1.165, 1.54) is 16.4 Å². The molecular formula is C28H30FN5O3S. The molecule has 0 atom stereocenters. The van der Waals surface area contributed by atoms with Crippen molar-refractivity contribution in [3.05, 3.63) is 89.9 Å². The van der Waals surface area contributed by atoms with E-state index in [4.69, 9.17) is 0 Å². The van der Waals surface area contributed by atoms with Crippen molar-refractivity contribution >= 4 is 26.8 Å². The third-order valence-corrected chi connectivity index (χ3v) is 9.11. The number of hydrogen-bond donors (Lipinski definition) is 1. The van der Waals surface area contributed by atoms with Gasteiger partial charge in [0.1, 0.15) is 5.82 Å². The zero-order chi connectivity index (χ0) is 26.9. The van der Waals surface area contributed by atoms with E-state index in [1.54, 1.807) is 66.5 Å². The molecule has 1 aromatic heterocycles. The molecule has 4 aromatic rings. The van der Waals surface area contributed by atoms with Crippen LogP contribution in [0.4, 0.5) is 4.39 Å². The summed E-state index contributed by atoms with van der Waals surface area (Å²) in [5, 5.41) is 7.98. The van der Waals surface area contributed by atoms with Crippen molar-refractivity contribution in [2.75, 3.05) is 27.2 Å². The number of halogens is 1. The fourth-order valence-electron chi connectivity index (χ4n) is 4.82. The van der Waals surface area contributed by atoms with Crippen LogP contribution in [0.25, 0.3) is 16.6 Å². The smallest absolute Gasteiger partial charge is 0.252 e. The van der Waals surface area contributed by atoms with E-state index in [1.807, 2.05) is 13.1 Å². The molecule has 0 saturated carbocycles. The maximum atomic E-state index is 13.3. The van der Waals surface area contributed by atoms with E-state index in [-0.39, 0.29) is 29.2 Å². The Bertz CT molecular complexity index is 1540. The minimum Gasteiger partial charge on any atom is -0.348 e. The van der Waals surface area contributed by atoms with Crippen LogP contribution in [0.3, 0.4) is 0 Å². The highest BCUT2D eigenvalue weighted by molar-refractivity contribution is 7.89. The Kier molecular flexibility index (Phi) is 7.29. The minimum absolute atomic E-state index is 0.00899. The van der Waals surface area contributed by atoms with E-state index in [2.05, 4.69) is 15.3 Å². The van der Waals surface area contributed by atoms with Gasteiger partial charge in [0, 0.05) is 25.0 Å². The van der Waals surface area contributed by atoms with Crippen LogP contribution in [0.1, 0.15) is 28.8 Å². The lowest BCUT2D eigenvalue weighted by Crippen LogP contribution is -2.44. The zero-order valence-corrected chi connectivity index (χ0v) is 22.2. The molecular weight excluding hydrogens is 505 g/mol. The molecule has 10 heteroatoms. The van der Waals surface area contributed by atoms with Crippen molar-refractivity contribution in [1.29, 1.82) is 0 Å². The number of rotatable bonds is 7. The lowest BCUT2D eigenvalue weighted by atomic mass is 10.1. The lowest BCUT2D eigenvalue weighted by Gasteiger charge is -2.34. The van der Waals surface area contributed by atoms with Crippen LogP contribution in [0, 0.1) is 5.82 Å². The predicted molar refractivity (Wildman–Crippen MR) is 144 cm³/mol. The summed E-state index contributed by atoms with van der Waals surface area (Å²) in [6.07, 6.45) is 3.24. The van der Waals surface area contributed by atoms with E-state index < -0.39 is 10.0 Å². The Labute approximate surface area is 221 Å². The second kappa shape index (κ2) is 10.6. The van der Waals surface area contributed by atoms with Gasteiger partial charge < -0.3 is 10.2 Å². The highest BCUT2D eigenvalue weighted by Gasteiger charge is 2.30. The van der Waals surface area contributed by atoms with Gasteiger partial charge in [-0.2, -0.15) is 9.40 Å². The number of nitrogens with one attached hydrogen (secondary N) is 1. The molecule has 1 fully saturated rings. The lowest BCUT2D eigenvalue weighted by molar-refractivity contribution is 0.0952. The first-order chi connectivity index (χ1) is 18.2. The van der Waals surface area contributed by atoms with Gasteiger partial charge in [0.2, 0.25) is 10.0 Å². The standard InChI is InChI=1S/C28H30FN5O3S/c1-32-16-14-22(15-17-32)33(2)38(36,37)24-12-6-20(7-13-24)18-30-28(35)25-4-3-5-27-26(25)19-31-34(27)23-10-8-21(29)9-11-23/h3-13,19,22H,14-18H2,1-2H3,(H,30,35). The van der Waals surface area contributed by atoms with Gasteiger partial charge in [0.25, 0.3) is 5.91 Å². The number of aromatic nitrogens is 2. The minimum atomic E-state index is -3.60. The topological polar surface area (TPSA) is 87.5 Å². The number of carbonyl (C=O) groups excluding carboxylic acids is 1. The molecule has 0 aliphatic carbocycles. The molecule has 8 nitrogen and oxygen atoms in total. The zero-order valence-electron chi connectivity index (χ0n) is 21.3. The first kappa shape index (κ1) is 26.0. The molecule has 1 amide bonds. The van der Waals surface area contributed by atoms with Gasteiger partial charge in [0.05, 0.1) is 27.9 Å². The van der Waals surface area contributed by atoms with Crippen molar-refractivity contribution in [2.45, 2.75) is 30.3 Å². The molecule has 5 rings (SSSR count). The molecule has 3 aromatic carbocycles. The van der Waals surface area contributed by atoms with Crippen LogP contribution >= 0.6 is 0 Å². The second-order valence-electron chi connectivity index (χ2n) is 9.65. The average Bonchev–Trinajstić information content (AvgIpc) is 3.37. The van der Waals surface area contributed by atoms with Gasteiger partial charge >= 0.3 is 0 Å². The van der Waals surface area contributed by atoms with E-state index in [0.717, 1.165) is 37.0 Å². The number of amides is 1. The molecule has 198 valence electrons. The maximum absolute atomic E-state index is 13.3. The highest BCUT2D eigenvalue weighted by Crippen LogP contribution is 2.24. The Balaban J connectivity index is 1.26. The third kappa shape index (κ3) is 5.20. The molecule has 1 aliphatic rings. The SMILES string of the molecule is CN1CCC(N(C)S(=O)(=O)c2ccc(CNC(=O)c3cccc4c3cnn4-c3ccc(F)cc3)cc2)CC1. The largest absolute Gasteiger partial charge is 0.348 e. The number of piperidine rings is 1. The number of carbonyl (C=O) groups is 1. The third-order valence-electron chi connectivity index (χ3n) is 7.19. The Morgan fingerprint density at radius 3 is 2.42 bits per heavy atom. The Morgan fingerprint density at radius 1 is 1.05 bits per heavy atom. The normalized spacial score (nSPS) is 15.3. The summed E-state index contributed by atoms with van der Waals surface area (Å²) in [5.74, 6) is -0.604. The van der Waals surface area contributed by atoms with Crippen LogP contribution in [-0.4, -0.2) is 66.5 Å². The highest BCUT2D eigenvalue weighted by atomic mass is 32.2. The fraction of sp³-hybridized carbons (Fsp3) is 0.286. The van der Waals surface area contributed by atoms with Crippen LogP contribution in [-0.2, 0) is 16.6 Å². The van der Waals surface area contributed by atoms with Crippen LogP contribution in [0.15, 0.2) is 77.8 Å². The summed E-state index contributed by atoms with van der Waals surface area (Å²) in [5.41, 5.74) is 2.67. The monoisotopic (exact) mass is 535 g/mol. The molecule has 0 bridgehead atoms. The molecule has 38 heavy (non-hydrogen) atoms. The number of benzene rings is 3. The molecule has 1 saturated heterocycles. The molecule has 2 heterocycles. The number of likely N-dealkylation sites (tertiary alicyclic amines) is 1. The van der Waals surface area contributed by atoms with Crippen molar-refractivity contribution in [2.24, 2.45) is 0 Å². The molecule has 0 radical (unpaired) electrons. The first-order valence-corrected chi connectivity index (χ1v) is 13.9. The number of fused-ring (bicyclic) bond motifs is 1. The molecule has 1 N–H and O–H groups in total. The number of sulfonamides is 1. The number of nitrogens with zero attached hydrogens (tertiary/aromatic N) is 4. The quantitative estimate of drug-likeness (QED) is 0.389. The van der Waals surface area contributed by atoms with Crippen molar-refractivity contribution in [1.82, 2.24) is 24.3 Å². The van der Waals surface area contributed by atoms with Crippen LogP contribution in [0.2, 0.25) is 0 Å². The van der Waals surface area contributed by atoms with Gasteiger partial charge in [-0.25, -0.2) is 17.5 Å². The average molecular weight is 536 g/mol. The molecule has 0 unspecified atom stereocenters. The summed E-state index contributed by atoms with van der Waals surface area (Å²) < 4.78 is 42.7. The van der Waals surface area contributed by atoms with Gasteiger partial charge in [-0.3, -0.25) is 4.79 Å². The number of hydrogen-bond acceptors (Lipinski definition) is 5. The van der Waals surface area contributed by atoms with Crippen molar-refractivity contribution in [3.8, 4) is 5.69 Å². The fourth-order valence-corrected chi connectivity index (χ4v) is 6.23. The summed E-state index contributed by atoms with van der Waals surface area (Å²) in [6.45, 7) is 2.00. The maximum Gasteiger partial charge on any atom is 0.252 e. The summed E-state index contributed by atoms with van der Waals surface area (Å²) >= 11 is 0. The second-order valence-corrected chi connectivity index (χ2v) is 11.7. The van der Waals surface area contributed by atoms with Gasteiger partial charge in [-0.1, -0.05) is 18.2 Å². The van der Waals surface area contributed by atoms with Crippen molar-refractivity contribution in [3.63, 3.8) is 0 Å². The van der Waals surface area contributed by atoms with Gasteiger partial charge in [-0.05, 0) is 87.1 Å². The van der Waals surface area contributed by atoms with E-state index >= 15 is 0 Å². The van der Waals surface area contributed by atoms with E-state index in [9.17, 15) is 17.6 Å². The summed E-state index contributed by atoms with van der Waals surface area (Å²) in [7, 11) is 0.0992. The molecule has 1 aliphatic heterocycles. The van der Waals surface area contributed by atoms with Crippen molar-refractivity contribution < 1.29 is 17.6 Å². The first-order valence-electron chi connectivity index (χ1n) is 12.5. The van der Waals surface area contributed by atoms with E-state index in [0.29, 0.717) is 16.6 Å². The Hall–Kier alpha value is -3.60. The summed E-state index contributed by atoms with van der Waals surface area (Å²) in [6, 6.07) is 18.0. The Morgan fingerprint density at radius 2 is 1.74 bits per heavy atom. The van der Waals surface area contributed by atoms with Gasteiger partial charge in [0.15, 0.2) is 0 Å². The van der Waals surface area contributed by atoms with Crippen LogP contribution < -0.4 is 5.32 Å².